The number of amides is 1. The first kappa shape index (κ1) is 19.4. The normalized spacial score (nSPS) is 16.0. The quantitative estimate of drug-likeness (QED) is 0.761. The van der Waals surface area contributed by atoms with Crippen LogP contribution in [-0.4, -0.2) is 26.5 Å². The second-order valence-corrected chi connectivity index (χ2v) is 8.74. The molecule has 1 aliphatic heterocycles. The number of ether oxygens (including phenoxy) is 1. The molecule has 0 saturated carbocycles. The van der Waals surface area contributed by atoms with Gasteiger partial charge in [-0.05, 0) is 36.6 Å². The third kappa shape index (κ3) is 5.30. The molecule has 1 unspecified atom stereocenters. The van der Waals surface area contributed by atoms with Crippen molar-refractivity contribution in [1.82, 2.24) is 10.0 Å². The lowest BCUT2D eigenvalue weighted by Gasteiger charge is -2.12. The van der Waals surface area contributed by atoms with E-state index in [1.165, 1.54) is 0 Å². The van der Waals surface area contributed by atoms with Crippen molar-refractivity contribution in [3.05, 3.63) is 65.2 Å². The number of carbonyl (C=O) groups excluding carboxylic acids is 1. The first-order valence-corrected chi connectivity index (χ1v) is 10.6. The molecule has 2 aromatic rings. The van der Waals surface area contributed by atoms with Crippen molar-refractivity contribution in [3.63, 3.8) is 0 Å². The van der Waals surface area contributed by atoms with Gasteiger partial charge < -0.3 is 10.1 Å². The van der Waals surface area contributed by atoms with Crippen molar-refractivity contribution < 1.29 is 17.9 Å². The van der Waals surface area contributed by atoms with Gasteiger partial charge in [0.2, 0.25) is 10.0 Å². The van der Waals surface area contributed by atoms with E-state index in [0.29, 0.717) is 18.5 Å². The first-order valence-electron chi connectivity index (χ1n) is 8.92. The zero-order valence-electron chi connectivity index (χ0n) is 15.4. The van der Waals surface area contributed by atoms with Gasteiger partial charge in [0.15, 0.2) is 6.10 Å². The fourth-order valence-corrected chi connectivity index (χ4v) is 4.44. The standard InChI is InChI=1S/C20H24N2O4S/c1-14(2)22-27(24,25)13-16-9-7-15(8-10-16)12-21-20(23)19-11-17-5-3-4-6-18(17)26-19/h3-10,14,19,22H,11-13H2,1-2H3,(H,21,23). The van der Waals surface area contributed by atoms with Crippen LogP contribution >= 0.6 is 0 Å². The average molecular weight is 388 g/mol. The van der Waals surface area contributed by atoms with Crippen molar-refractivity contribution in [2.45, 2.75) is 44.7 Å². The van der Waals surface area contributed by atoms with Gasteiger partial charge in [-0.15, -0.1) is 0 Å². The number of nitrogens with one attached hydrogen (secondary N) is 2. The zero-order valence-corrected chi connectivity index (χ0v) is 16.3. The molecule has 1 heterocycles. The van der Waals surface area contributed by atoms with E-state index >= 15 is 0 Å². The van der Waals surface area contributed by atoms with Gasteiger partial charge in [-0.25, -0.2) is 13.1 Å². The number of benzene rings is 2. The highest BCUT2D eigenvalue weighted by Gasteiger charge is 2.28. The monoisotopic (exact) mass is 388 g/mol. The number of fused-ring (bicyclic) bond motifs is 1. The second-order valence-electron chi connectivity index (χ2n) is 6.98. The zero-order chi connectivity index (χ0) is 19.4. The molecule has 0 bridgehead atoms. The Hall–Kier alpha value is -2.38. The summed E-state index contributed by atoms with van der Waals surface area (Å²) >= 11 is 0. The molecule has 0 aromatic heterocycles. The third-order valence-corrected chi connectivity index (χ3v) is 5.75. The van der Waals surface area contributed by atoms with Crippen LogP contribution in [0.25, 0.3) is 0 Å². The van der Waals surface area contributed by atoms with Crippen LogP contribution in [-0.2, 0) is 33.5 Å². The molecule has 27 heavy (non-hydrogen) atoms. The summed E-state index contributed by atoms with van der Waals surface area (Å²) in [5.74, 6) is 0.545. The van der Waals surface area contributed by atoms with Crippen LogP contribution in [0.1, 0.15) is 30.5 Å². The predicted molar refractivity (Wildman–Crippen MR) is 104 cm³/mol. The summed E-state index contributed by atoms with van der Waals surface area (Å²) in [7, 11) is -3.35. The number of para-hydroxylation sites is 1. The minimum absolute atomic E-state index is 0.0635. The first-order chi connectivity index (χ1) is 12.8. The number of sulfonamides is 1. The fourth-order valence-electron chi connectivity index (χ4n) is 3.00. The highest BCUT2D eigenvalue weighted by molar-refractivity contribution is 7.88. The Bertz CT molecular complexity index is 883. The summed E-state index contributed by atoms with van der Waals surface area (Å²) in [5, 5.41) is 2.88. The van der Waals surface area contributed by atoms with Crippen molar-refractivity contribution in [2.75, 3.05) is 0 Å². The van der Waals surface area contributed by atoms with Crippen LogP contribution in [0, 0.1) is 0 Å². The lowest BCUT2D eigenvalue weighted by molar-refractivity contribution is -0.127. The van der Waals surface area contributed by atoms with E-state index in [1.807, 2.05) is 36.4 Å². The molecule has 1 aliphatic rings. The van der Waals surface area contributed by atoms with E-state index in [2.05, 4.69) is 10.0 Å². The predicted octanol–water partition coefficient (Wildman–Crippen LogP) is 2.13. The molecule has 7 heteroatoms. The lowest BCUT2D eigenvalue weighted by atomic mass is 10.1. The highest BCUT2D eigenvalue weighted by atomic mass is 32.2. The van der Waals surface area contributed by atoms with Crippen LogP contribution in [0.15, 0.2) is 48.5 Å². The maximum absolute atomic E-state index is 12.3. The Morgan fingerprint density at radius 3 is 2.44 bits per heavy atom. The van der Waals surface area contributed by atoms with Gasteiger partial charge in [-0.3, -0.25) is 4.79 Å². The van der Waals surface area contributed by atoms with Crippen molar-refractivity contribution >= 4 is 15.9 Å². The van der Waals surface area contributed by atoms with E-state index in [9.17, 15) is 13.2 Å². The molecule has 0 spiro atoms. The molecular formula is C20H24N2O4S. The molecule has 2 aromatic carbocycles. The fraction of sp³-hybridized carbons (Fsp3) is 0.350. The van der Waals surface area contributed by atoms with Crippen LogP contribution < -0.4 is 14.8 Å². The van der Waals surface area contributed by atoms with E-state index in [-0.39, 0.29) is 17.7 Å². The number of hydrogen-bond acceptors (Lipinski definition) is 4. The smallest absolute Gasteiger partial charge is 0.261 e. The number of rotatable bonds is 7. The Morgan fingerprint density at radius 2 is 1.78 bits per heavy atom. The summed E-state index contributed by atoms with van der Waals surface area (Å²) < 4.78 is 32.2. The average Bonchev–Trinajstić information content (AvgIpc) is 3.03. The van der Waals surface area contributed by atoms with Gasteiger partial charge in [0.1, 0.15) is 5.75 Å². The Balaban J connectivity index is 1.51. The minimum atomic E-state index is -3.35. The maximum Gasteiger partial charge on any atom is 0.261 e. The van der Waals surface area contributed by atoms with Gasteiger partial charge in [0.05, 0.1) is 5.75 Å². The van der Waals surface area contributed by atoms with Gasteiger partial charge in [-0.1, -0.05) is 42.5 Å². The van der Waals surface area contributed by atoms with Gasteiger partial charge in [0.25, 0.3) is 5.91 Å². The van der Waals surface area contributed by atoms with Crippen LogP contribution in [0.4, 0.5) is 0 Å². The van der Waals surface area contributed by atoms with Gasteiger partial charge in [0, 0.05) is 19.0 Å². The summed E-state index contributed by atoms with van der Waals surface area (Å²) in [5.41, 5.74) is 2.64. The summed E-state index contributed by atoms with van der Waals surface area (Å²) in [6.07, 6.45) is 0.0655. The largest absolute Gasteiger partial charge is 0.480 e. The highest BCUT2D eigenvalue weighted by Crippen LogP contribution is 2.28. The van der Waals surface area contributed by atoms with Crippen molar-refractivity contribution in [3.8, 4) is 5.75 Å². The Labute approximate surface area is 160 Å². The van der Waals surface area contributed by atoms with Gasteiger partial charge in [-0.2, -0.15) is 0 Å². The molecule has 0 saturated heterocycles. The molecular weight excluding hydrogens is 364 g/mol. The molecule has 2 N–H and O–H groups in total. The Morgan fingerprint density at radius 1 is 1.11 bits per heavy atom. The molecule has 0 fully saturated rings. The minimum Gasteiger partial charge on any atom is -0.480 e. The van der Waals surface area contributed by atoms with Crippen LogP contribution in [0.5, 0.6) is 5.75 Å². The topological polar surface area (TPSA) is 84.5 Å². The maximum atomic E-state index is 12.3. The molecule has 1 atom stereocenters. The summed E-state index contributed by atoms with van der Waals surface area (Å²) in [4.78, 5) is 12.3. The van der Waals surface area contributed by atoms with E-state index < -0.39 is 16.1 Å². The SMILES string of the molecule is CC(C)NS(=O)(=O)Cc1ccc(CNC(=O)C2Cc3ccccc3O2)cc1. The Kier molecular flexibility index (Phi) is 5.82. The third-order valence-electron chi connectivity index (χ3n) is 4.20. The summed E-state index contributed by atoms with van der Waals surface area (Å²) in [6, 6.07) is 14.7. The van der Waals surface area contributed by atoms with E-state index in [1.54, 1.807) is 26.0 Å². The second kappa shape index (κ2) is 8.10. The molecule has 0 aliphatic carbocycles. The van der Waals surface area contributed by atoms with Crippen LogP contribution in [0.3, 0.4) is 0 Å². The number of hydrogen-bond donors (Lipinski definition) is 2. The summed E-state index contributed by atoms with van der Waals surface area (Å²) in [6.45, 7) is 3.94. The van der Waals surface area contributed by atoms with E-state index in [0.717, 1.165) is 16.9 Å². The van der Waals surface area contributed by atoms with Crippen molar-refractivity contribution in [1.29, 1.82) is 0 Å². The van der Waals surface area contributed by atoms with Crippen LogP contribution in [0.2, 0.25) is 0 Å². The van der Waals surface area contributed by atoms with Gasteiger partial charge >= 0.3 is 0 Å². The van der Waals surface area contributed by atoms with Crippen molar-refractivity contribution in [2.24, 2.45) is 0 Å². The molecule has 0 radical (unpaired) electrons. The number of carbonyl (C=O) groups is 1. The van der Waals surface area contributed by atoms with E-state index in [4.69, 9.17) is 4.74 Å². The molecule has 144 valence electrons. The molecule has 6 nitrogen and oxygen atoms in total. The lowest BCUT2D eigenvalue weighted by Crippen LogP contribution is -2.37. The molecule has 1 amide bonds. The molecule has 3 rings (SSSR count).